The van der Waals surface area contributed by atoms with E-state index in [1.54, 1.807) is 0 Å². The molecule has 0 unspecified atom stereocenters. The van der Waals surface area contributed by atoms with Crippen LogP contribution in [0, 0.1) is 20.8 Å². The second kappa shape index (κ2) is 9.83. The Balaban J connectivity index is 1.31. The van der Waals surface area contributed by atoms with Gasteiger partial charge in [0.05, 0.1) is 17.1 Å². The standard InChI is InChI=1S/C24H33N7S/c1-5-30-16-21(18(2)26-30)15-25-24(32)29-13-11-28(12-14-29)17-23-19(3)27-31(20(23)4)22-9-7-6-8-10-22/h6-10,16H,5,11-15,17H2,1-4H3,(H,25,32). The number of hydrogen-bond acceptors (Lipinski definition) is 4. The molecule has 3 aromatic rings. The molecule has 1 aliphatic rings. The maximum atomic E-state index is 5.67. The zero-order valence-corrected chi connectivity index (χ0v) is 20.3. The fourth-order valence-corrected chi connectivity index (χ4v) is 4.49. The number of rotatable bonds is 6. The van der Waals surface area contributed by atoms with E-state index in [2.05, 4.69) is 83.1 Å². The van der Waals surface area contributed by atoms with Crippen molar-refractivity contribution in [1.29, 1.82) is 0 Å². The Morgan fingerprint density at radius 1 is 1.00 bits per heavy atom. The Bertz CT molecular complexity index is 1060. The molecular formula is C24H33N7S. The van der Waals surface area contributed by atoms with E-state index in [4.69, 9.17) is 17.3 Å². The molecule has 4 rings (SSSR count). The van der Waals surface area contributed by atoms with Crippen LogP contribution in [0.25, 0.3) is 5.69 Å². The molecule has 1 aliphatic heterocycles. The van der Waals surface area contributed by atoms with Gasteiger partial charge in [-0.05, 0) is 52.0 Å². The fraction of sp³-hybridized carbons (Fsp3) is 0.458. The highest BCUT2D eigenvalue weighted by atomic mass is 32.1. The SMILES string of the molecule is CCn1cc(CNC(=S)N2CCN(Cc3c(C)nn(-c4ccccc4)c3C)CC2)c(C)n1. The third kappa shape index (κ3) is 4.86. The van der Waals surface area contributed by atoms with Gasteiger partial charge in [-0.3, -0.25) is 9.58 Å². The smallest absolute Gasteiger partial charge is 0.169 e. The number of thiocarbonyl (C=S) groups is 1. The molecule has 0 radical (unpaired) electrons. The van der Waals surface area contributed by atoms with Gasteiger partial charge in [-0.1, -0.05) is 18.2 Å². The van der Waals surface area contributed by atoms with E-state index in [0.29, 0.717) is 0 Å². The molecule has 0 spiro atoms. The van der Waals surface area contributed by atoms with Gasteiger partial charge in [0.2, 0.25) is 0 Å². The van der Waals surface area contributed by atoms with Gasteiger partial charge in [0, 0.05) is 68.8 Å². The minimum atomic E-state index is 0.724. The molecule has 0 atom stereocenters. The van der Waals surface area contributed by atoms with Crippen molar-refractivity contribution in [3.05, 3.63) is 64.7 Å². The first-order valence-corrected chi connectivity index (χ1v) is 11.8. The summed E-state index contributed by atoms with van der Waals surface area (Å²) < 4.78 is 4.03. The van der Waals surface area contributed by atoms with Crippen LogP contribution < -0.4 is 5.32 Å². The molecule has 3 heterocycles. The van der Waals surface area contributed by atoms with Crippen LogP contribution >= 0.6 is 12.2 Å². The summed E-state index contributed by atoms with van der Waals surface area (Å²) in [5.74, 6) is 0. The molecule has 32 heavy (non-hydrogen) atoms. The second-order valence-electron chi connectivity index (χ2n) is 8.41. The maximum Gasteiger partial charge on any atom is 0.169 e. The van der Waals surface area contributed by atoms with Crippen LogP contribution in [-0.2, 0) is 19.6 Å². The van der Waals surface area contributed by atoms with Crippen molar-refractivity contribution in [2.75, 3.05) is 26.2 Å². The first kappa shape index (κ1) is 22.5. The predicted octanol–water partition coefficient (Wildman–Crippen LogP) is 3.21. The Hall–Kier alpha value is -2.71. The average molecular weight is 452 g/mol. The molecule has 7 nitrogen and oxygen atoms in total. The molecule has 0 saturated carbocycles. The Morgan fingerprint density at radius 3 is 2.38 bits per heavy atom. The molecule has 170 valence electrons. The molecular weight excluding hydrogens is 418 g/mol. The summed E-state index contributed by atoms with van der Waals surface area (Å²) in [4.78, 5) is 4.78. The predicted molar refractivity (Wildman–Crippen MR) is 132 cm³/mol. The highest BCUT2D eigenvalue weighted by Crippen LogP contribution is 2.20. The van der Waals surface area contributed by atoms with Crippen molar-refractivity contribution in [1.82, 2.24) is 34.7 Å². The lowest BCUT2D eigenvalue weighted by molar-refractivity contribution is 0.174. The number of nitrogens with one attached hydrogen (secondary N) is 1. The number of nitrogens with zero attached hydrogens (tertiary/aromatic N) is 6. The highest BCUT2D eigenvalue weighted by Gasteiger charge is 2.22. The highest BCUT2D eigenvalue weighted by molar-refractivity contribution is 7.80. The van der Waals surface area contributed by atoms with Crippen LogP contribution in [0.1, 0.15) is 35.1 Å². The molecule has 0 bridgehead atoms. The zero-order valence-electron chi connectivity index (χ0n) is 19.5. The first-order chi connectivity index (χ1) is 15.5. The lowest BCUT2D eigenvalue weighted by Crippen LogP contribution is -2.51. The van der Waals surface area contributed by atoms with Gasteiger partial charge < -0.3 is 10.2 Å². The van der Waals surface area contributed by atoms with Crippen LogP contribution in [-0.4, -0.2) is 60.7 Å². The fourth-order valence-electron chi connectivity index (χ4n) is 4.23. The third-order valence-corrected chi connectivity index (χ3v) is 6.69. The number of piperazine rings is 1. The molecule has 8 heteroatoms. The van der Waals surface area contributed by atoms with E-state index in [1.165, 1.54) is 16.8 Å². The molecule has 1 N–H and O–H groups in total. The number of benzene rings is 1. The number of hydrogen-bond donors (Lipinski definition) is 1. The number of aryl methyl sites for hydroxylation is 3. The van der Waals surface area contributed by atoms with E-state index in [0.717, 1.165) is 68.0 Å². The van der Waals surface area contributed by atoms with Crippen LogP contribution in [0.15, 0.2) is 36.5 Å². The minimum Gasteiger partial charge on any atom is -0.358 e. The van der Waals surface area contributed by atoms with Crippen LogP contribution in [0.2, 0.25) is 0 Å². The topological polar surface area (TPSA) is 54.2 Å². The van der Waals surface area contributed by atoms with Crippen LogP contribution in [0.4, 0.5) is 0 Å². The van der Waals surface area contributed by atoms with Crippen molar-refractivity contribution in [3.8, 4) is 5.69 Å². The Labute approximate surface area is 196 Å². The van der Waals surface area contributed by atoms with Crippen molar-refractivity contribution in [2.45, 2.75) is 47.3 Å². The molecule has 0 amide bonds. The summed E-state index contributed by atoms with van der Waals surface area (Å²) >= 11 is 5.67. The lowest BCUT2D eigenvalue weighted by Gasteiger charge is -2.36. The number of aromatic nitrogens is 4. The summed E-state index contributed by atoms with van der Waals surface area (Å²) in [7, 11) is 0. The van der Waals surface area contributed by atoms with E-state index in [1.807, 2.05) is 10.7 Å². The summed E-state index contributed by atoms with van der Waals surface area (Å²) in [6, 6.07) is 10.3. The summed E-state index contributed by atoms with van der Waals surface area (Å²) in [6.07, 6.45) is 2.10. The normalized spacial score (nSPS) is 14.7. The van der Waals surface area contributed by atoms with Gasteiger partial charge in [0.15, 0.2) is 5.11 Å². The van der Waals surface area contributed by atoms with Crippen molar-refractivity contribution < 1.29 is 0 Å². The molecule has 1 fully saturated rings. The summed E-state index contributed by atoms with van der Waals surface area (Å²) in [5.41, 5.74) is 7.03. The molecule has 0 aliphatic carbocycles. The Kier molecular flexibility index (Phi) is 6.91. The van der Waals surface area contributed by atoms with Crippen molar-refractivity contribution >= 4 is 17.3 Å². The van der Waals surface area contributed by atoms with E-state index < -0.39 is 0 Å². The van der Waals surface area contributed by atoms with Gasteiger partial charge >= 0.3 is 0 Å². The summed E-state index contributed by atoms with van der Waals surface area (Å²) in [5, 5.41) is 13.6. The largest absolute Gasteiger partial charge is 0.358 e. The van der Waals surface area contributed by atoms with Crippen molar-refractivity contribution in [3.63, 3.8) is 0 Å². The Morgan fingerprint density at radius 2 is 1.72 bits per heavy atom. The molecule has 1 saturated heterocycles. The van der Waals surface area contributed by atoms with E-state index in [9.17, 15) is 0 Å². The average Bonchev–Trinajstić information content (AvgIpc) is 3.32. The maximum absolute atomic E-state index is 5.67. The second-order valence-corrected chi connectivity index (χ2v) is 8.80. The minimum absolute atomic E-state index is 0.724. The van der Waals surface area contributed by atoms with Gasteiger partial charge in [-0.2, -0.15) is 10.2 Å². The van der Waals surface area contributed by atoms with Crippen LogP contribution in [0.3, 0.4) is 0 Å². The van der Waals surface area contributed by atoms with Gasteiger partial charge in [0.25, 0.3) is 0 Å². The van der Waals surface area contributed by atoms with Crippen LogP contribution in [0.5, 0.6) is 0 Å². The van der Waals surface area contributed by atoms with Gasteiger partial charge in [-0.25, -0.2) is 4.68 Å². The summed E-state index contributed by atoms with van der Waals surface area (Å²) in [6.45, 7) is 14.8. The van der Waals surface area contributed by atoms with Gasteiger partial charge in [-0.15, -0.1) is 0 Å². The van der Waals surface area contributed by atoms with Crippen molar-refractivity contribution in [2.24, 2.45) is 0 Å². The lowest BCUT2D eigenvalue weighted by atomic mass is 10.1. The first-order valence-electron chi connectivity index (χ1n) is 11.3. The van der Waals surface area contributed by atoms with Gasteiger partial charge in [0.1, 0.15) is 0 Å². The monoisotopic (exact) mass is 451 g/mol. The van der Waals surface area contributed by atoms with E-state index >= 15 is 0 Å². The number of para-hydroxylation sites is 1. The zero-order chi connectivity index (χ0) is 22.7. The van der Waals surface area contributed by atoms with E-state index in [-0.39, 0.29) is 0 Å². The molecule has 1 aromatic carbocycles. The quantitative estimate of drug-likeness (QED) is 0.581. The molecule has 2 aromatic heterocycles. The third-order valence-electron chi connectivity index (χ3n) is 6.29.